The summed E-state index contributed by atoms with van der Waals surface area (Å²) in [6, 6.07) is 29.0. The molecule has 49 heavy (non-hydrogen) atoms. The third-order valence-electron chi connectivity index (χ3n) is 8.09. The van der Waals surface area contributed by atoms with Crippen molar-refractivity contribution in [2.45, 2.75) is 56.4 Å². The molecule has 260 valence electrons. The average Bonchev–Trinajstić information content (AvgIpc) is 3.09. The Morgan fingerprint density at radius 3 is 1.94 bits per heavy atom. The number of carbonyl (C=O) groups is 2. The minimum Gasteiger partial charge on any atom is -0.508 e. The lowest BCUT2D eigenvalue weighted by Gasteiger charge is -2.39. The van der Waals surface area contributed by atoms with Crippen LogP contribution in [-0.2, 0) is 14.8 Å². The smallest absolute Gasteiger partial charge is 0.261 e. The molecule has 1 atom stereocenters. The van der Waals surface area contributed by atoms with Gasteiger partial charge < -0.3 is 21.3 Å². The number of nitrogens with two attached hydrogens (primary N) is 1. The van der Waals surface area contributed by atoms with Gasteiger partial charge in [-0.25, -0.2) is 8.42 Å². The van der Waals surface area contributed by atoms with Crippen molar-refractivity contribution in [3.8, 4) is 5.75 Å². The lowest BCUT2D eigenvalue weighted by molar-refractivity contribution is -0.144. The monoisotopic (exact) mass is 686 g/mol. The van der Waals surface area contributed by atoms with Crippen LogP contribution >= 0.6 is 0 Å². The molecule has 0 saturated heterocycles. The maximum absolute atomic E-state index is 15.2. The zero-order chi connectivity index (χ0) is 35.4. The number of amides is 2. The van der Waals surface area contributed by atoms with Crippen molar-refractivity contribution in [3.63, 3.8) is 0 Å². The number of nitrogens with one attached hydrogen (secondary N) is 1. The van der Waals surface area contributed by atoms with Gasteiger partial charge in [0.15, 0.2) is 0 Å². The van der Waals surface area contributed by atoms with Gasteiger partial charge >= 0.3 is 0 Å². The topological polar surface area (TPSA) is 153 Å². The Morgan fingerprint density at radius 2 is 1.39 bits per heavy atom. The van der Waals surface area contributed by atoms with Gasteiger partial charge in [0.25, 0.3) is 21.8 Å². The highest BCUT2D eigenvalue weighted by Crippen LogP contribution is 2.31. The summed E-state index contributed by atoms with van der Waals surface area (Å²) in [5, 5.41) is 23.7. The van der Waals surface area contributed by atoms with E-state index in [-0.39, 0.29) is 41.8 Å². The SMILES string of the molecule is CC(C)CN(N(CCCCCCO)C(=O)[C@@H](NC(=O)c1cccc(O)c1)C(c1ccccc1)c1ccccc1)S(=O)(=O)c1ccc(N)cc1. The van der Waals surface area contributed by atoms with Crippen LogP contribution in [0.15, 0.2) is 114 Å². The second kappa shape index (κ2) is 17.6. The largest absolute Gasteiger partial charge is 0.508 e. The number of rotatable bonds is 17. The van der Waals surface area contributed by atoms with E-state index in [2.05, 4.69) is 5.32 Å². The molecule has 2 amide bonds. The van der Waals surface area contributed by atoms with E-state index in [4.69, 9.17) is 5.73 Å². The normalized spacial score (nSPS) is 12.3. The first-order valence-electron chi connectivity index (χ1n) is 16.5. The Balaban J connectivity index is 1.89. The zero-order valence-electron chi connectivity index (χ0n) is 28.0. The second-order valence-electron chi connectivity index (χ2n) is 12.4. The molecule has 11 heteroatoms. The van der Waals surface area contributed by atoms with Gasteiger partial charge in [0, 0.05) is 36.9 Å². The van der Waals surface area contributed by atoms with Crippen LogP contribution in [0.1, 0.15) is 66.9 Å². The van der Waals surface area contributed by atoms with Crippen LogP contribution in [-0.4, -0.2) is 65.6 Å². The molecule has 5 N–H and O–H groups in total. The molecule has 0 unspecified atom stereocenters. The number of hydrogen-bond donors (Lipinski definition) is 4. The highest BCUT2D eigenvalue weighted by Gasteiger charge is 2.41. The molecule has 0 spiro atoms. The summed E-state index contributed by atoms with van der Waals surface area (Å²) in [5.74, 6) is -2.22. The van der Waals surface area contributed by atoms with E-state index < -0.39 is 33.8 Å². The number of aliphatic hydroxyl groups is 1. The Kier molecular flexibility index (Phi) is 13.3. The Hall–Kier alpha value is -4.71. The summed E-state index contributed by atoms with van der Waals surface area (Å²) in [6.45, 7) is 3.80. The van der Waals surface area contributed by atoms with Gasteiger partial charge in [0.2, 0.25) is 0 Å². The van der Waals surface area contributed by atoms with Crippen LogP contribution in [0.3, 0.4) is 0 Å². The van der Waals surface area contributed by atoms with Gasteiger partial charge in [-0.15, -0.1) is 4.41 Å². The lowest BCUT2D eigenvalue weighted by Crippen LogP contribution is -2.59. The fraction of sp³-hybridized carbons (Fsp3) is 0.316. The number of nitrogen functional groups attached to an aromatic ring is 1. The fourth-order valence-electron chi connectivity index (χ4n) is 5.68. The third kappa shape index (κ3) is 9.91. The van der Waals surface area contributed by atoms with Crippen molar-refractivity contribution in [2.75, 3.05) is 25.4 Å². The van der Waals surface area contributed by atoms with Gasteiger partial charge in [0.05, 0.1) is 4.90 Å². The van der Waals surface area contributed by atoms with Crippen molar-refractivity contribution in [3.05, 3.63) is 126 Å². The molecule has 0 fully saturated rings. The van der Waals surface area contributed by atoms with Crippen LogP contribution in [0.4, 0.5) is 5.69 Å². The zero-order valence-corrected chi connectivity index (χ0v) is 28.8. The Labute approximate surface area is 289 Å². The minimum atomic E-state index is -4.28. The molecule has 0 aliphatic rings. The fourth-order valence-corrected chi connectivity index (χ4v) is 7.32. The Bertz CT molecular complexity index is 1710. The van der Waals surface area contributed by atoms with E-state index in [1.807, 2.05) is 74.5 Å². The summed E-state index contributed by atoms with van der Waals surface area (Å²) in [5.41, 5.74) is 7.90. The number of benzene rings is 4. The number of sulfonamides is 1. The second-order valence-corrected chi connectivity index (χ2v) is 14.2. The number of hydrogen-bond acceptors (Lipinski definition) is 7. The van der Waals surface area contributed by atoms with Crippen molar-refractivity contribution < 1.29 is 28.2 Å². The summed E-state index contributed by atoms with van der Waals surface area (Å²) >= 11 is 0. The van der Waals surface area contributed by atoms with Gasteiger partial charge in [-0.05, 0) is 72.4 Å². The Morgan fingerprint density at radius 1 is 0.796 bits per heavy atom. The van der Waals surface area contributed by atoms with Crippen molar-refractivity contribution >= 4 is 27.5 Å². The molecule has 0 radical (unpaired) electrons. The predicted molar refractivity (Wildman–Crippen MR) is 191 cm³/mol. The maximum atomic E-state index is 15.2. The molecule has 10 nitrogen and oxygen atoms in total. The molecule has 0 saturated carbocycles. The lowest BCUT2D eigenvalue weighted by atomic mass is 9.84. The van der Waals surface area contributed by atoms with E-state index in [9.17, 15) is 23.4 Å². The summed E-state index contributed by atoms with van der Waals surface area (Å²) in [6.07, 6.45) is 2.37. The molecule has 0 aromatic heterocycles. The molecule has 4 aromatic carbocycles. The summed E-state index contributed by atoms with van der Waals surface area (Å²) < 4.78 is 30.0. The quantitative estimate of drug-likeness (QED) is 0.0646. The van der Waals surface area contributed by atoms with Gasteiger partial charge in [-0.1, -0.05) is 93.4 Å². The molecule has 0 aliphatic heterocycles. The van der Waals surface area contributed by atoms with Crippen molar-refractivity contribution in [1.82, 2.24) is 14.7 Å². The number of carbonyl (C=O) groups excluding carboxylic acids is 2. The van der Waals surface area contributed by atoms with E-state index in [0.717, 1.165) is 15.5 Å². The number of aromatic hydroxyl groups is 1. The molecule has 0 aliphatic carbocycles. The van der Waals surface area contributed by atoms with Crippen LogP contribution < -0.4 is 11.1 Å². The number of unbranched alkanes of at least 4 members (excludes halogenated alkanes) is 3. The molecule has 4 rings (SSSR count). The number of aliphatic hydroxyl groups excluding tert-OH is 1. The first-order chi connectivity index (χ1) is 23.5. The highest BCUT2D eigenvalue weighted by molar-refractivity contribution is 7.89. The van der Waals surface area contributed by atoms with Gasteiger partial charge in [-0.3, -0.25) is 14.6 Å². The molecule has 0 bridgehead atoms. The highest BCUT2D eigenvalue weighted by atomic mass is 32.2. The molecular formula is C38H46N4O6S. The standard InChI is InChI=1S/C38H46N4O6S/c1-28(2)27-42(49(47,48)34-22-20-32(39)21-23-34)41(24-11-3-4-12-25-43)38(46)36(40-37(45)31-18-13-19-33(44)26-31)35(29-14-7-5-8-15-29)30-16-9-6-10-17-30/h5-10,13-23,26,28,35-36,43-44H,3-4,11-12,24-25,27,39H2,1-2H3,(H,40,45)/t36-/m0/s1. The van der Waals surface area contributed by atoms with E-state index in [0.29, 0.717) is 31.4 Å². The van der Waals surface area contributed by atoms with E-state index in [1.54, 1.807) is 0 Å². The first kappa shape index (κ1) is 37.1. The number of nitrogens with zero attached hydrogens (tertiary/aromatic N) is 2. The van der Waals surface area contributed by atoms with Gasteiger partial charge in [-0.2, -0.15) is 0 Å². The van der Waals surface area contributed by atoms with Crippen molar-refractivity contribution in [1.29, 1.82) is 0 Å². The van der Waals surface area contributed by atoms with Crippen LogP contribution in [0.5, 0.6) is 5.75 Å². The van der Waals surface area contributed by atoms with Crippen LogP contribution in [0.2, 0.25) is 0 Å². The summed E-state index contributed by atoms with van der Waals surface area (Å²) in [7, 11) is -4.28. The first-order valence-corrected chi connectivity index (χ1v) is 18.0. The number of phenolic OH excluding ortho intramolecular Hbond substituents is 1. The number of anilines is 1. The van der Waals surface area contributed by atoms with Gasteiger partial charge in [0.1, 0.15) is 11.8 Å². The van der Waals surface area contributed by atoms with Crippen LogP contribution in [0.25, 0.3) is 0 Å². The molecule has 0 heterocycles. The predicted octanol–water partition coefficient (Wildman–Crippen LogP) is 5.55. The van der Waals surface area contributed by atoms with E-state index >= 15 is 4.79 Å². The molecular weight excluding hydrogens is 641 g/mol. The minimum absolute atomic E-state index is 0.0103. The number of phenols is 1. The average molecular weight is 687 g/mol. The summed E-state index contributed by atoms with van der Waals surface area (Å²) in [4.78, 5) is 29.1. The maximum Gasteiger partial charge on any atom is 0.261 e. The number of hydrazine groups is 1. The third-order valence-corrected chi connectivity index (χ3v) is 9.86. The van der Waals surface area contributed by atoms with E-state index in [1.165, 1.54) is 53.5 Å². The molecule has 4 aromatic rings. The van der Waals surface area contributed by atoms with Crippen LogP contribution in [0, 0.1) is 5.92 Å². The van der Waals surface area contributed by atoms with Crippen molar-refractivity contribution in [2.24, 2.45) is 5.92 Å².